The molecule has 0 N–H and O–H groups in total. The molecule has 0 saturated carbocycles. The molecule has 1 unspecified atom stereocenters. The van der Waals surface area contributed by atoms with Crippen molar-refractivity contribution in [2.24, 2.45) is 5.92 Å². The minimum absolute atomic E-state index is 0.413. The predicted octanol–water partition coefficient (Wildman–Crippen LogP) is 2.34. The Hall–Kier alpha value is -0.900. The van der Waals surface area contributed by atoms with E-state index in [0.717, 1.165) is 12.2 Å². The Morgan fingerprint density at radius 3 is 3.27 bits per heavy atom. The third-order valence-electron chi connectivity index (χ3n) is 1.99. The van der Waals surface area contributed by atoms with Crippen LogP contribution in [-0.2, 0) is 4.74 Å². The van der Waals surface area contributed by atoms with Gasteiger partial charge in [0.2, 0.25) is 0 Å². The highest BCUT2D eigenvalue weighted by molar-refractivity contribution is 5.02. The van der Waals surface area contributed by atoms with Crippen LogP contribution < -0.4 is 0 Å². The molecule has 0 aromatic rings. The van der Waals surface area contributed by atoms with E-state index in [1.54, 1.807) is 0 Å². The first-order valence-corrected chi connectivity index (χ1v) is 4.11. The minimum Gasteiger partial charge on any atom is -0.485 e. The first kappa shape index (κ1) is 8.20. The van der Waals surface area contributed by atoms with Crippen LogP contribution in [0.25, 0.3) is 0 Å². The van der Waals surface area contributed by atoms with E-state index in [-0.39, 0.29) is 0 Å². The zero-order valence-electron chi connectivity index (χ0n) is 6.97. The first-order chi connectivity index (χ1) is 5.34. The van der Waals surface area contributed by atoms with Crippen molar-refractivity contribution in [2.75, 3.05) is 6.61 Å². The fraction of sp³-hybridized carbons (Fsp3) is 0.600. The van der Waals surface area contributed by atoms with Crippen LogP contribution in [0.1, 0.15) is 26.2 Å². The van der Waals surface area contributed by atoms with Crippen LogP contribution in [-0.4, -0.2) is 6.61 Å². The highest BCUT2D eigenvalue weighted by Crippen LogP contribution is 2.24. The summed E-state index contributed by atoms with van der Waals surface area (Å²) in [6.07, 6.45) is 10.9. The molecule has 0 bridgehead atoms. The summed E-state index contributed by atoms with van der Waals surface area (Å²) in [6, 6.07) is 0. The fourth-order valence-electron chi connectivity index (χ4n) is 1.34. The van der Waals surface area contributed by atoms with Gasteiger partial charge in [-0.2, -0.15) is 0 Å². The molecule has 1 nitrogen and oxygen atoms in total. The highest BCUT2D eigenvalue weighted by atomic mass is 16.5. The number of hydrogen-bond acceptors (Lipinski definition) is 1. The zero-order valence-corrected chi connectivity index (χ0v) is 6.97. The van der Waals surface area contributed by atoms with Gasteiger partial charge in [0.25, 0.3) is 0 Å². The van der Waals surface area contributed by atoms with Crippen molar-refractivity contribution in [1.29, 1.82) is 0 Å². The topological polar surface area (TPSA) is 9.23 Å². The summed E-state index contributed by atoms with van der Waals surface area (Å²) >= 11 is 0. The number of terminal acetylenes is 1. The lowest BCUT2D eigenvalue weighted by molar-refractivity contribution is 0.202. The van der Waals surface area contributed by atoms with Gasteiger partial charge in [-0.1, -0.05) is 12.8 Å². The van der Waals surface area contributed by atoms with Crippen molar-refractivity contribution in [3.8, 4) is 12.3 Å². The van der Waals surface area contributed by atoms with Crippen LogP contribution >= 0.6 is 0 Å². The lowest BCUT2D eigenvalue weighted by Gasteiger charge is -2.19. The van der Waals surface area contributed by atoms with Crippen molar-refractivity contribution in [1.82, 2.24) is 0 Å². The Kier molecular flexibility index (Phi) is 3.04. The van der Waals surface area contributed by atoms with Crippen molar-refractivity contribution in [3.63, 3.8) is 0 Å². The summed E-state index contributed by atoms with van der Waals surface area (Å²) in [4.78, 5) is 0. The van der Waals surface area contributed by atoms with Gasteiger partial charge in [0, 0.05) is 5.92 Å². The van der Waals surface area contributed by atoms with Crippen molar-refractivity contribution >= 4 is 0 Å². The molecule has 0 aromatic carbocycles. The Morgan fingerprint density at radius 1 is 1.82 bits per heavy atom. The Balaban J connectivity index is 2.42. The quantitative estimate of drug-likeness (QED) is 0.549. The van der Waals surface area contributed by atoms with Gasteiger partial charge >= 0.3 is 0 Å². The maximum Gasteiger partial charge on any atom is 0.148 e. The SMILES string of the molecule is C#CCOC1=CCCCC1C. The lowest BCUT2D eigenvalue weighted by atomic mass is 9.96. The second-order valence-corrected chi connectivity index (χ2v) is 2.93. The second-order valence-electron chi connectivity index (χ2n) is 2.93. The van der Waals surface area contributed by atoms with Gasteiger partial charge in [-0.3, -0.25) is 0 Å². The van der Waals surface area contributed by atoms with Gasteiger partial charge < -0.3 is 4.74 Å². The molecule has 1 aliphatic rings. The smallest absolute Gasteiger partial charge is 0.148 e. The average molecular weight is 150 g/mol. The Labute approximate surface area is 68.4 Å². The van der Waals surface area contributed by atoms with E-state index < -0.39 is 0 Å². The van der Waals surface area contributed by atoms with E-state index in [1.807, 2.05) is 0 Å². The van der Waals surface area contributed by atoms with Crippen LogP contribution in [0.15, 0.2) is 11.8 Å². The second kappa shape index (κ2) is 4.08. The molecule has 0 saturated heterocycles. The van der Waals surface area contributed by atoms with E-state index in [0.29, 0.717) is 12.5 Å². The van der Waals surface area contributed by atoms with Gasteiger partial charge in [-0.15, -0.1) is 6.42 Å². The van der Waals surface area contributed by atoms with Crippen molar-refractivity contribution in [2.45, 2.75) is 26.2 Å². The predicted molar refractivity (Wildman–Crippen MR) is 45.9 cm³/mol. The van der Waals surface area contributed by atoms with E-state index >= 15 is 0 Å². The normalized spacial score (nSPS) is 23.6. The molecule has 1 rings (SSSR count). The zero-order chi connectivity index (χ0) is 8.10. The molecule has 1 atom stereocenters. The average Bonchev–Trinajstić information content (AvgIpc) is 2.03. The summed E-state index contributed by atoms with van der Waals surface area (Å²) in [5.41, 5.74) is 0. The van der Waals surface area contributed by atoms with Crippen LogP contribution in [0.2, 0.25) is 0 Å². The number of allylic oxidation sites excluding steroid dienone is 2. The first-order valence-electron chi connectivity index (χ1n) is 4.11. The summed E-state index contributed by atoms with van der Waals surface area (Å²) in [5.74, 6) is 4.13. The molecule has 0 radical (unpaired) electrons. The summed E-state index contributed by atoms with van der Waals surface area (Å²) < 4.78 is 5.37. The largest absolute Gasteiger partial charge is 0.485 e. The third-order valence-corrected chi connectivity index (χ3v) is 1.99. The van der Waals surface area contributed by atoms with Gasteiger partial charge in [0.15, 0.2) is 0 Å². The standard InChI is InChI=1S/C10H14O/c1-3-8-11-10-7-5-4-6-9(10)2/h1,7,9H,4-6,8H2,2H3. The molecule has 0 aliphatic heterocycles. The molecule has 11 heavy (non-hydrogen) atoms. The maximum atomic E-state index is 5.37. The highest BCUT2D eigenvalue weighted by Gasteiger charge is 2.12. The molecule has 0 aromatic heterocycles. The third kappa shape index (κ3) is 2.31. The Morgan fingerprint density at radius 2 is 2.64 bits per heavy atom. The molecule has 0 fully saturated rings. The van der Waals surface area contributed by atoms with Crippen LogP contribution in [0, 0.1) is 18.3 Å². The number of rotatable bonds is 2. The maximum absolute atomic E-state index is 5.37. The monoisotopic (exact) mass is 150 g/mol. The molecule has 0 heterocycles. The molecular weight excluding hydrogens is 136 g/mol. The van der Waals surface area contributed by atoms with Gasteiger partial charge in [0.05, 0.1) is 5.76 Å². The van der Waals surface area contributed by atoms with Crippen molar-refractivity contribution in [3.05, 3.63) is 11.8 Å². The van der Waals surface area contributed by atoms with Crippen LogP contribution in [0.4, 0.5) is 0 Å². The molecule has 1 heteroatoms. The Bertz CT molecular complexity index is 186. The van der Waals surface area contributed by atoms with E-state index in [1.165, 1.54) is 12.8 Å². The molecule has 60 valence electrons. The van der Waals surface area contributed by atoms with Gasteiger partial charge in [-0.25, -0.2) is 0 Å². The molecule has 1 aliphatic carbocycles. The minimum atomic E-state index is 0.413. The van der Waals surface area contributed by atoms with Gasteiger partial charge in [-0.05, 0) is 25.3 Å². The molecule has 0 spiro atoms. The molecule has 0 amide bonds. The summed E-state index contributed by atoms with van der Waals surface area (Å²) in [5, 5.41) is 0. The summed E-state index contributed by atoms with van der Waals surface area (Å²) in [6.45, 7) is 2.59. The number of hydrogen-bond donors (Lipinski definition) is 0. The van der Waals surface area contributed by atoms with E-state index in [9.17, 15) is 0 Å². The van der Waals surface area contributed by atoms with Crippen LogP contribution in [0.3, 0.4) is 0 Å². The number of ether oxygens (including phenoxy) is 1. The lowest BCUT2D eigenvalue weighted by Crippen LogP contribution is -2.07. The molecular formula is C10H14O. The van der Waals surface area contributed by atoms with E-state index in [4.69, 9.17) is 11.2 Å². The van der Waals surface area contributed by atoms with Gasteiger partial charge in [0.1, 0.15) is 6.61 Å². The van der Waals surface area contributed by atoms with Crippen LogP contribution in [0.5, 0.6) is 0 Å². The van der Waals surface area contributed by atoms with E-state index in [2.05, 4.69) is 18.9 Å². The fourth-order valence-corrected chi connectivity index (χ4v) is 1.34. The van der Waals surface area contributed by atoms with Crippen molar-refractivity contribution < 1.29 is 4.74 Å². The summed E-state index contributed by atoms with van der Waals surface area (Å²) in [7, 11) is 0.